The van der Waals surface area contributed by atoms with Gasteiger partial charge in [-0.05, 0) is 66.8 Å². The minimum absolute atomic E-state index is 0.215. The summed E-state index contributed by atoms with van der Waals surface area (Å²) in [6.07, 6.45) is 3.94. The van der Waals surface area contributed by atoms with Gasteiger partial charge >= 0.3 is 0 Å². The zero-order chi connectivity index (χ0) is 21.6. The molecule has 0 unspecified atom stereocenters. The van der Waals surface area contributed by atoms with Gasteiger partial charge in [0, 0.05) is 29.9 Å². The number of para-hydroxylation sites is 1. The van der Waals surface area contributed by atoms with E-state index < -0.39 is 0 Å². The number of amides is 1. The van der Waals surface area contributed by atoms with Crippen molar-refractivity contribution in [3.05, 3.63) is 94.5 Å². The van der Waals surface area contributed by atoms with Gasteiger partial charge in [0.25, 0.3) is 5.91 Å². The summed E-state index contributed by atoms with van der Waals surface area (Å²) in [4.78, 5) is 14.8. The maximum Gasteiger partial charge on any atom is 0.271 e. The Labute approximate surface area is 183 Å². The quantitative estimate of drug-likeness (QED) is 0.470. The number of aryl methyl sites for hydroxylation is 2. The normalized spacial score (nSPS) is 13.2. The van der Waals surface area contributed by atoms with Crippen molar-refractivity contribution in [2.75, 3.05) is 18.6 Å². The van der Waals surface area contributed by atoms with Crippen molar-refractivity contribution in [1.29, 1.82) is 0 Å². The molecule has 0 aliphatic carbocycles. The van der Waals surface area contributed by atoms with Crippen molar-refractivity contribution < 1.29 is 9.53 Å². The second-order valence-electron chi connectivity index (χ2n) is 7.74. The van der Waals surface area contributed by atoms with Crippen molar-refractivity contribution in [3.63, 3.8) is 0 Å². The van der Waals surface area contributed by atoms with Crippen LogP contribution in [0.1, 0.15) is 39.0 Å². The molecule has 0 radical (unpaired) electrons. The van der Waals surface area contributed by atoms with E-state index in [-0.39, 0.29) is 5.91 Å². The number of fused-ring (bicyclic) bond motifs is 1. The van der Waals surface area contributed by atoms with E-state index in [0.29, 0.717) is 5.56 Å². The van der Waals surface area contributed by atoms with Gasteiger partial charge in [0.2, 0.25) is 0 Å². The molecule has 3 aromatic rings. The highest BCUT2D eigenvalue weighted by atomic mass is 16.5. The van der Waals surface area contributed by atoms with Crippen molar-refractivity contribution in [2.45, 2.75) is 26.3 Å². The van der Waals surface area contributed by atoms with E-state index in [9.17, 15) is 4.79 Å². The molecule has 1 aliphatic heterocycles. The lowest BCUT2D eigenvalue weighted by atomic mass is 10.0. The number of carbonyl (C=O) groups is 1. The standard InChI is InChI=1S/C26H27N3O2/c1-19-8-3-5-11-23(19)26(30)28-27-17-20-13-14-25(31-2)22(16-20)18-29-15-7-10-21-9-4-6-12-24(21)29/h3-6,8-9,11-14,16-17H,7,10,15,18H2,1-2H3,(H,28,30). The zero-order valence-corrected chi connectivity index (χ0v) is 18.0. The first-order chi connectivity index (χ1) is 15.2. The van der Waals surface area contributed by atoms with Gasteiger partial charge in [-0.15, -0.1) is 0 Å². The lowest BCUT2D eigenvalue weighted by molar-refractivity contribution is 0.0954. The van der Waals surface area contributed by atoms with E-state index >= 15 is 0 Å². The number of nitrogens with one attached hydrogen (secondary N) is 1. The van der Waals surface area contributed by atoms with E-state index in [0.717, 1.165) is 48.4 Å². The predicted octanol–water partition coefficient (Wildman–Crippen LogP) is 4.72. The summed E-state index contributed by atoms with van der Waals surface area (Å²) in [7, 11) is 1.69. The third kappa shape index (κ3) is 4.77. The molecule has 0 saturated carbocycles. The molecule has 158 valence electrons. The molecule has 0 spiro atoms. The Morgan fingerprint density at radius 1 is 1.13 bits per heavy atom. The van der Waals surface area contributed by atoms with Crippen LogP contribution in [0.25, 0.3) is 0 Å². The van der Waals surface area contributed by atoms with Crippen LogP contribution in [0.2, 0.25) is 0 Å². The molecule has 1 amide bonds. The number of methoxy groups -OCH3 is 1. The second-order valence-corrected chi connectivity index (χ2v) is 7.74. The topological polar surface area (TPSA) is 53.9 Å². The molecule has 0 atom stereocenters. The first-order valence-electron chi connectivity index (χ1n) is 10.5. The number of anilines is 1. The minimum atomic E-state index is -0.215. The van der Waals surface area contributed by atoms with Crippen molar-refractivity contribution in [1.82, 2.24) is 5.43 Å². The SMILES string of the molecule is COc1ccc(C=NNC(=O)c2ccccc2C)cc1CN1CCCc2ccccc21. The van der Waals surface area contributed by atoms with Crippen LogP contribution in [0.3, 0.4) is 0 Å². The average Bonchev–Trinajstić information content (AvgIpc) is 2.80. The Morgan fingerprint density at radius 3 is 2.77 bits per heavy atom. The largest absolute Gasteiger partial charge is 0.496 e. The molecular formula is C26H27N3O2. The smallest absolute Gasteiger partial charge is 0.271 e. The predicted molar refractivity (Wildman–Crippen MR) is 125 cm³/mol. The molecule has 0 fully saturated rings. The Hall–Kier alpha value is -3.60. The first-order valence-corrected chi connectivity index (χ1v) is 10.5. The number of carbonyl (C=O) groups excluding carboxylic acids is 1. The van der Waals surface area contributed by atoms with Gasteiger partial charge in [0.15, 0.2) is 0 Å². The maximum atomic E-state index is 12.4. The van der Waals surface area contributed by atoms with Crippen molar-refractivity contribution in [2.24, 2.45) is 5.10 Å². The third-order valence-electron chi connectivity index (χ3n) is 5.64. The Kier molecular flexibility index (Phi) is 6.32. The summed E-state index contributed by atoms with van der Waals surface area (Å²) in [6.45, 7) is 3.69. The average molecular weight is 414 g/mol. The molecule has 3 aromatic carbocycles. The maximum absolute atomic E-state index is 12.4. The summed E-state index contributed by atoms with van der Waals surface area (Å²) >= 11 is 0. The highest BCUT2D eigenvalue weighted by Gasteiger charge is 2.18. The van der Waals surface area contributed by atoms with E-state index in [4.69, 9.17) is 4.74 Å². The van der Waals surface area contributed by atoms with E-state index in [1.54, 1.807) is 19.4 Å². The molecule has 1 aliphatic rings. The minimum Gasteiger partial charge on any atom is -0.496 e. The van der Waals surface area contributed by atoms with Crippen LogP contribution in [0.4, 0.5) is 5.69 Å². The van der Waals surface area contributed by atoms with Crippen LogP contribution in [-0.2, 0) is 13.0 Å². The highest BCUT2D eigenvalue weighted by Crippen LogP contribution is 2.30. The van der Waals surface area contributed by atoms with E-state index in [2.05, 4.69) is 45.8 Å². The van der Waals surface area contributed by atoms with Gasteiger partial charge in [-0.3, -0.25) is 4.79 Å². The molecule has 1 N–H and O–H groups in total. The fraction of sp³-hybridized carbons (Fsp3) is 0.231. The summed E-state index contributed by atoms with van der Waals surface area (Å²) in [5, 5.41) is 4.16. The summed E-state index contributed by atoms with van der Waals surface area (Å²) < 4.78 is 5.60. The highest BCUT2D eigenvalue weighted by molar-refractivity contribution is 5.96. The number of hydrazone groups is 1. The zero-order valence-electron chi connectivity index (χ0n) is 18.0. The van der Waals surface area contributed by atoms with Crippen LogP contribution >= 0.6 is 0 Å². The molecule has 31 heavy (non-hydrogen) atoms. The molecule has 0 saturated heterocycles. The van der Waals surface area contributed by atoms with Crippen LogP contribution in [0, 0.1) is 6.92 Å². The monoisotopic (exact) mass is 413 g/mol. The Morgan fingerprint density at radius 2 is 1.94 bits per heavy atom. The number of benzene rings is 3. The summed E-state index contributed by atoms with van der Waals surface area (Å²) in [5.74, 6) is 0.636. The molecule has 5 nitrogen and oxygen atoms in total. The fourth-order valence-electron chi connectivity index (χ4n) is 4.04. The Bertz CT molecular complexity index is 1110. The van der Waals surface area contributed by atoms with Gasteiger partial charge in [-0.1, -0.05) is 36.4 Å². The van der Waals surface area contributed by atoms with Gasteiger partial charge in [0.05, 0.1) is 13.3 Å². The fourth-order valence-corrected chi connectivity index (χ4v) is 4.04. The number of hydrogen-bond donors (Lipinski definition) is 1. The van der Waals surface area contributed by atoms with Crippen LogP contribution in [-0.4, -0.2) is 25.8 Å². The van der Waals surface area contributed by atoms with E-state index in [1.807, 2.05) is 37.3 Å². The molecule has 4 rings (SSSR count). The first kappa shape index (κ1) is 20.7. The van der Waals surface area contributed by atoms with Gasteiger partial charge in [0.1, 0.15) is 5.75 Å². The van der Waals surface area contributed by atoms with Crippen LogP contribution in [0.15, 0.2) is 71.8 Å². The molecule has 1 heterocycles. The Balaban J connectivity index is 1.50. The van der Waals surface area contributed by atoms with Gasteiger partial charge in [-0.25, -0.2) is 5.43 Å². The lowest BCUT2D eigenvalue weighted by Crippen LogP contribution is -2.29. The number of hydrogen-bond acceptors (Lipinski definition) is 4. The van der Waals surface area contributed by atoms with Crippen molar-refractivity contribution in [3.8, 4) is 5.75 Å². The molecule has 0 bridgehead atoms. The molecule has 5 heteroatoms. The number of ether oxygens (including phenoxy) is 1. The van der Waals surface area contributed by atoms with Gasteiger partial charge in [-0.2, -0.15) is 5.10 Å². The summed E-state index contributed by atoms with van der Waals surface area (Å²) in [6, 6.07) is 22.0. The lowest BCUT2D eigenvalue weighted by Gasteiger charge is -2.31. The molecule has 0 aromatic heterocycles. The van der Waals surface area contributed by atoms with E-state index in [1.165, 1.54) is 11.3 Å². The van der Waals surface area contributed by atoms with Gasteiger partial charge < -0.3 is 9.64 Å². The molecular weight excluding hydrogens is 386 g/mol. The van der Waals surface area contributed by atoms with Crippen LogP contribution < -0.4 is 15.1 Å². The number of nitrogens with zero attached hydrogens (tertiary/aromatic N) is 2. The van der Waals surface area contributed by atoms with Crippen molar-refractivity contribution >= 4 is 17.8 Å². The van der Waals surface area contributed by atoms with Crippen LogP contribution in [0.5, 0.6) is 5.75 Å². The third-order valence-corrected chi connectivity index (χ3v) is 5.64. The number of rotatable bonds is 6. The summed E-state index contributed by atoms with van der Waals surface area (Å²) in [5.41, 5.74) is 8.85. The second kappa shape index (κ2) is 9.47.